The first-order chi connectivity index (χ1) is 11.6. The number of aryl methyl sites for hydroxylation is 1. The minimum atomic E-state index is -0.825. The number of nitrogens with one attached hydrogen (secondary N) is 2. The summed E-state index contributed by atoms with van der Waals surface area (Å²) in [5.41, 5.74) is 11.7. The second-order valence-corrected chi connectivity index (χ2v) is 5.73. The first kappa shape index (κ1) is 17.6. The summed E-state index contributed by atoms with van der Waals surface area (Å²) in [6, 6.07) is 18.5. The smallest absolute Gasteiger partial charge is 0.249 e. The highest BCUT2D eigenvalue weighted by molar-refractivity contribution is 7.80. The van der Waals surface area contributed by atoms with Gasteiger partial charge in [-0.1, -0.05) is 60.7 Å². The molecule has 0 aliphatic rings. The van der Waals surface area contributed by atoms with Crippen LogP contribution in [0.2, 0.25) is 0 Å². The molecule has 0 saturated heterocycles. The van der Waals surface area contributed by atoms with Gasteiger partial charge in [0.05, 0.1) is 0 Å². The first-order valence-electron chi connectivity index (χ1n) is 7.56. The molecule has 0 heterocycles. The number of ketones is 1. The van der Waals surface area contributed by atoms with Gasteiger partial charge in [0.2, 0.25) is 5.91 Å². The van der Waals surface area contributed by atoms with Crippen molar-refractivity contribution in [3.8, 4) is 0 Å². The standard InChI is InChI=1S/C18H19N3O2S/c19-18(24)21-20-17(23)15(12-11-13-7-3-1-4-8-13)16(22)14-9-5-2-6-10-14/h1-10,15H,11-12H2,(H,20,23)(H3,19,21,24). The van der Waals surface area contributed by atoms with Crippen LogP contribution in [-0.4, -0.2) is 16.8 Å². The van der Waals surface area contributed by atoms with Crippen molar-refractivity contribution in [2.75, 3.05) is 0 Å². The van der Waals surface area contributed by atoms with Crippen molar-refractivity contribution < 1.29 is 9.59 Å². The van der Waals surface area contributed by atoms with E-state index < -0.39 is 11.8 Å². The quantitative estimate of drug-likeness (QED) is 0.324. The lowest BCUT2D eigenvalue weighted by Gasteiger charge is -2.16. The van der Waals surface area contributed by atoms with Crippen LogP contribution >= 0.6 is 12.2 Å². The van der Waals surface area contributed by atoms with Crippen LogP contribution in [0, 0.1) is 5.92 Å². The molecule has 1 atom stereocenters. The third-order valence-electron chi connectivity index (χ3n) is 3.56. The average molecular weight is 341 g/mol. The molecule has 2 rings (SSSR count). The number of rotatable bonds is 6. The van der Waals surface area contributed by atoms with Gasteiger partial charge in [0, 0.05) is 5.56 Å². The Kier molecular flexibility index (Phi) is 6.45. The minimum Gasteiger partial charge on any atom is -0.375 e. The highest BCUT2D eigenvalue weighted by atomic mass is 32.1. The molecular weight excluding hydrogens is 322 g/mol. The fraction of sp³-hybridized carbons (Fsp3) is 0.167. The van der Waals surface area contributed by atoms with Gasteiger partial charge in [-0.15, -0.1) is 0 Å². The first-order valence-corrected chi connectivity index (χ1v) is 7.97. The van der Waals surface area contributed by atoms with Crippen molar-refractivity contribution in [3.05, 3.63) is 71.8 Å². The molecule has 2 aromatic rings. The highest BCUT2D eigenvalue weighted by Gasteiger charge is 2.27. The lowest BCUT2D eigenvalue weighted by molar-refractivity contribution is -0.124. The number of hydrazine groups is 1. The van der Waals surface area contributed by atoms with Crippen LogP contribution < -0.4 is 16.6 Å². The molecule has 5 nitrogen and oxygen atoms in total. The van der Waals surface area contributed by atoms with Gasteiger partial charge >= 0.3 is 0 Å². The Hall–Kier alpha value is -2.73. The molecule has 124 valence electrons. The Morgan fingerprint density at radius 3 is 2.12 bits per heavy atom. The van der Waals surface area contributed by atoms with Crippen LogP contribution in [0.25, 0.3) is 0 Å². The van der Waals surface area contributed by atoms with E-state index in [4.69, 9.17) is 5.73 Å². The van der Waals surface area contributed by atoms with Crippen molar-refractivity contribution in [3.63, 3.8) is 0 Å². The van der Waals surface area contributed by atoms with Gasteiger partial charge in [-0.05, 0) is 30.6 Å². The van der Waals surface area contributed by atoms with Crippen molar-refractivity contribution in [2.24, 2.45) is 11.7 Å². The molecule has 0 spiro atoms. The normalized spacial score (nSPS) is 11.3. The van der Waals surface area contributed by atoms with Gasteiger partial charge in [-0.2, -0.15) is 0 Å². The molecule has 1 amide bonds. The van der Waals surface area contributed by atoms with E-state index in [0.29, 0.717) is 18.4 Å². The number of benzene rings is 2. The minimum absolute atomic E-state index is 0.0580. The number of Topliss-reactive ketones (excluding diaryl/α,β-unsaturated/α-hetero) is 1. The topological polar surface area (TPSA) is 84.2 Å². The highest BCUT2D eigenvalue weighted by Crippen LogP contribution is 2.16. The Balaban J connectivity index is 2.12. The Morgan fingerprint density at radius 2 is 1.54 bits per heavy atom. The van der Waals surface area contributed by atoms with Gasteiger partial charge in [-0.3, -0.25) is 20.4 Å². The maximum Gasteiger partial charge on any atom is 0.249 e. The number of hydrogen-bond donors (Lipinski definition) is 3. The average Bonchev–Trinajstić information content (AvgIpc) is 2.61. The molecule has 0 radical (unpaired) electrons. The molecule has 0 aromatic heterocycles. The van der Waals surface area contributed by atoms with Gasteiger partial charge in [0.25, 0.3) is 0 Å². The third kappa shape index (κ3) is 5.17. The Labute approximate surface area is 146 Å². The van der Waals surface area contributed by atoms with E-state index in [1.165, 1.54) is 0 Å². The number of amides is 1. The number of nitrogens with two attached hydrogens (primary N) is 1. The molecule has 1 unspecified atom stereocenters. The van der Waals surface area contributed by atoms with Gasteiger partial charge in [0.1, 0.15) is 5.92 Å². The predicted octanol–water partition coefficient (Wildman–Crippen LogP) is 1.98. The predicted molar refractivity (Wildman–Crippen MR) is 97.1 cm³/mol. The summed E-state index contributed by atoms with van der Waals surface area (Å²) < 4.78 is 0. The maximum absolute atomic E-state index is 12.7. The fourth-order valence-electron chi connectivity index (χ4n) is 2.35. The zero-order chi connectivity index (χ0) is 17.4. The number of carbonyl (C=O) groups is 2. The molecule has 0 saturated carbocycles. The van der Waals surface area contributed by atoms with E-state index in [1.807, 2.05) is 36.4 Å². The molecule has 0 bridgehead atoms. The van der Waals surface area contributed by atoms with Crippen molar-refractivity contribution in [1.82, 2.24) is 10.9 Å². The van der Waals surface area contributed by atoms with Crippen molar-refractivity contribution in [1.29, 1.82) is 0 Å². The van der Waals surface area contributed by atoms with Crippen LogP contribution in [0.5, 0.6) is 0 Å². The summed E-state index contributed by atoms with van der Waals surface area (Å²) in [7, 11) is 0. The molecule has 2 aromatic carbocycles. The second kappa shape index (κ2) is 8.79. The molecule has 0 fully saturated rings. The van der Waals surface area contributed by atoms with E-state index >= 15 is 0 Å². The summed E-state index contributed by atoms with van der Waals surface area (Å²) in [5, 5.41) is -0.0580. The lowest BCUT2D eigenvalue weighted by Crippen LogP contribution is -2.48. The van der Waals surface area contributed by atoms with Crippen LogP contribution in [0.1, 0.15) is 22.3 Å². The number of hydrogen-bond acceptors (Lipinski definition) is 3. The van der Waals surface area contributed by atoms with Gasteiger partial charge < -0.3 is 5.73 Å². The van der Waals surface area contributed by atoms with Crippen LogP contribution in [0.4, 0.5) is 0 Å². The van der Waals surface area contributed by atoms with E-state index in [1.54, 1.807) is 24.3 Å². The van der Waals surface area contributed by atoms with E-state index in [0.717, 1.165) is 5.56 Å². The van der Waals surface area contributed by atoms with Crippen LogP contribution in [0.15, 0.2) is 60.7 Å². The maximum atomic E-state index is 12.7. The summed E-state index contributed by atoms with van der Waals surface area (Å²) in [6.45, 7) is 0. The second-order valence-electron chi connectivity index (χ2n) is 5.29. The van der Waals surface area contributed by atoms with E-state index in [2.05, 4.69) is 23.1 Å². The monoisotopic (exact) mass is 341 g/mol. The SMILES string of the molecule is NC(=S)NNC(=O)C(CCc1ccccc1)C(=O)c1ccccc1. The molecule has 4 N–H and O–H groups in total. The third-order valence-corrected chi connectivity index (χ3v) is 3.67. The van der Waals surface area contributed by atoms with Crippen molar-refractivity contribution in [2.45, 2.75) is 12.8 Å². The molecule has 0 aliphatic carbocycles. The zero-order valence-electron chi connectivity index (χ0n) is 13.1. The number of thiocarbonyl (C=S) groups is 1. The largest absolute Gasteiger partial charge is 0.375 e. The van der Waals surface area contributed by atoms with Gasteiger partial charge in [0.15, 0.2) is 10.9 Å². The van der Waals surface area contributed by atoms with E-state index in [9.17, 15) is 9.59 Å². The summed E-state index contributed by atoms with van der Waals surface area (Å²) in [5.74, 6) is -1.50. The molecule has 0 aliphatic heterocycles. The van der Waals surface area contributed by atoms with Crippen LogP contribution in [0.3, 0.4) is 0 Å². The van der Waals surface area contributed by atoms with Crippen LogP contribution in [-0.2, 0) is 11.2 Å². The Morgan fingerprint density at radius 1 is 0.958 bits per heavy atom. The zero-order valence-corrected chi connectivity index (χ0v) is 13.9. The van der Waals surface area contributed by atoms with Crippen molar-refractivity contribution >= 4 is 29.0 Å². The summed E-state index contributed by atoms with van der Waals surface area (Å²) in [4.78, 5) is 25.1. The number of carbonyl (C=O) groups excluding carboxylic acids is 2. The summed E-state index contributed by atoms with van der Waals surface area (Å²) in [6.07, 6.45) is 1.01. The summed E-state index contributed by atoms with van der Waals surface area (Å²) >= 11 is 4.67. The van der Waals surface area contributed by atoms with E-state index in [-0.39, 0.29) is 10.9 Å². The Bertz CT molecular complexity index is 705. The molecular formula is C18H19N3O2S. The lowest BCUT2D eigenvalue weighted by atomic mass is 9.91. The fourth-order valence-corrected chi connectivity index (χ4v) is 2.40. The molecule has 24 heavy (non-hydrogen) atoms. The van der Waals surface area contributed by atoms with Gasteiger partial charge in [-0.25, -0.2) is 0 Å². The molecule has 6 heteroatoms.